The summed E-state index contributed by atoms with van der Waals surface area (Å²) >= 11 is 0. The van der Waals surface area contributed by atoms with Gasteiger partial charge in [0.25, 0.3) is 0 Å². The number of benzene rings is 2. The summed E-state index contributed by atoms with van der Waals surface area (Å²) in [6, 6.07) is 11.6. The average molecular weight is 290 g/mol. The first-order valence-corrected chi connectivity index (χ1v) is 7.04. The van der Waals surface area contributed by atoms with Crippen molar-refractivity contribution in [1.29, 1.82) is 0 Å². The predicted octanol–water partition coefficient (Wildman–Crippen LogP) is 3.80. The highest BCUT2D eigenvalue weighted by Crippen LogP contribution is 2.22. The quantitative estimate of drug-likeness (QED) is 0.907. The van der Waals surface area contributed by atoms with Crippen LogP contribution < -0.4 is 10.6 Å². The molecule has 1 atom stereocenters. The molecule has 0 saturated heterocycles. The van der Waals surface area contributed by atoms with Crippen LogP contribution in [0.2, 0.25) is 0 Å². The Labute approximate surface area is 124 Å². The van der Waals surface area contributed by atoms with E-state index in [-0.39, 0.29) is 5.56 Å². The number of hydrogen-bond donors (Lipinski definition) is 1. The summed E-state index contributed by atoms with van der Waals surface area (Å²) in [4.78, 5) is 2.05. The number of rotatable bonds is 5. The standard InChI is InChI=1S/C17H20F2N2/c1-3-21(13-9-7-12(2)8-10-13)11-16(20)14-5-4-6-15(18)17(14)19/h4-10,16H,3,11,20H2,1-2H3. The van der Waals surface area contributed by atoms with Gasteiger partial charge in [-0.15, -0.1) is 0 Å². The first kappa shape index (κ1) is 15.4. The molecular weight excluding hydrogens is 270 g/mol. The van der Waals surface area contributed by atoms with Crippen LogP contribution in [0.3, 0.4) is 0 Å². The van der Waals surface area contributed by atoms with Crippen LogP contribution in [0.1, 0.15) is 24.1 Å². The van der Waals surface area contributed by atoms with Crippen molar-refractivity contribution in [3.63, 3.8) is 0 Å². The van der Waals surface area contributed by atoms with Gasteiger partial charge in [0.2, 0.25) is 0 Å². The Morgan fingerprint density at radius 3 is 2.38 bits per heavy atom. The van der Waals surface area contributed by atoms with Crippen molar-refractivity contribution < 1.29 is 8.78 Å². The molecule has 112 valence electrons. The summed E-state index contributed by atoms with van der Waals surface area (Å²) in [5.41, 5.74) is 8.47. The van der Waals surface area contributed by atoms with Gasteiger partial charge < -0.3 is 10.6 Å². The number of halogens is 2. The second-order valence-electron chi connectivity index (χ2n) is 5.12. The third kappa shape index (κ3) is 3.58. The zero-order valence-corrected chi connectivity index (χ0v) is 12.3. The Balaban J connectivity index is 2.18. The summed E-state index contributed by atoms with van der Waals surface area (Å²) in [6.45, 7) is 5.20. The lowest BCUT2D eigenvalue weighted by atomic mass is 10.1. The Morgan fingerprint density at radius 1 is 1.10 bits per heavy atom. The Morgan fingerprint density at radius 2 is 1.76 bits per heavy atom. The van der Waals surface area contributed by atoms with Crippen LogP contribution in [0.5, 0.6) is 0 Å². The summed E-state index contributed by atoms with van der Waals surface area (Å²) in [6.07, 6.45) is 0. The molecule has 0 aliphatic carbocycles. The summed E-state index contributed by atoms with van der Waals surface area (Å²) in [5, 5.41) is 0. The van der Waals surface area contributed by atoms with Gasteiger partial charge in [-0.2, -0.15) is 0 Å². The van der Waals surface area contributed by atoms with E-state index in [9.17, 15) is 8.78 Å². The zero-order chi connectivity index (χ0) is 15.4. The molecule has 2 aromatic rings. The van der Waals surface area contributed by atoms with Crippen LogP contribution in [0.25, 0.3) is 0 Å². The SMILES string of the molecule is CCN(CC(N)c1cccc(F)c1F)c1ccc(C)cc1. The van der Waals surface area contributed by atoms with Crippen LogP contribution in [-0.4, -0.2) is 13.1 Å². The van der Waals surface area contributed by atoms with E-state index in [0.29, 0.717) is 6.54 Å². The van der Waals surface area contributed by atoms with Crippen molar-refractivity contribution in [2.75, 3.05) is 18.0 Å². The maximum Gasteiger partial charge on any atom is 0.163 e. The highest BCUT2D eigenvalue weighted by Gasteiger charge is 2.17. The van der Waals surface area contributed by atoms with Gasteiger partial charge in [-0.05, 0) is 32.0 Å². The fourth-order valence-corrected chi connectivity index (χ4v) is 2.32. The fourth-order valence-electron chi connectivity index (χ4n) is 2.32. The van der Waals surface area contributed by atoms with Crippen molar-refractivity contribution in [3.8, 4) is 0 Å². The van der Waals surface area contributed by atoms with Gasteiger partial charge in [-0.25, -0.2) is 8.78 Å². The molecule has 0 fully saturated rings. The second-order valence-corrected chi connectivity index (χ2v) is 5.12. The maximum atomic E-state index is 13.8. The van der Waals surface area contributed by atoms with Gasteiger partial charge in [0.1, 0.15) is 0 Å². The van der Waals surface area contributed by atoms with Gasteiger partial charge >= 0.3 is 0 Å². The molecule has 0 aliphatic heterocycles. The first-order valence-electron chi connectivity index (χ1n) is 7.04. The largest absolute Gasteiger partial charge is 0.370 e. The lowest BCUT2D eigenvalue weighted by molar-refractivity contribution is 0.487. The average Bonchev–Trinajstić information content (AvgIpc) is 2.48. The molecule has 2 N–H and O–H groups in total. The third-order valence-corrected chi connectivity index (χ3v) is 3.58. The smallest absolute Gasteiger partial charge is 0.163 e. The molecule has 0 aliphatic rings. The van der Waals surface area contributed by atoms with Gasteiger partial charge in [-0.3, -0.25) is 0 Å². The zero-order valence-electron chi connectivity index (χ0n) is 12.3. The number of aryl methyl sites for hydroxylation is 1. The Bertz CT molecular complexity index is 596. The monoisotopic (exact) mass is 290 g/mol. The normalized spacial score (nSPS) is 12.2. The summed E-state index contributed by atoms with van der Waals surface area (Å²) in [7, 11) is 0. The molecule has 0 saturated carbocycles. The minimum Gasteiger partial charge on any atom is -0.370 e. The minimum atomic E-state index is -0.860. The molecule has 0 aromatic heterocycles. The third-order valence-electron chi connectivity index (χ3n) is 3.58. The molecule has 0 amide bonds. The van der Waals surface area contributed by atoms with E-state index in [2.05, 4.69) is 4.90 Å². The number of hydrogen-bond acceptors (Lipinski definition) is 2. The van der Waals surface area contributed by atoms with Crippen LogP contribution in [-0.2, 0) is 0 Å². The molecule has 0 heterocycles. The molecule has 2 rings (SSSR count). The van der Waals surface area contributed by atoms with Gasteiger partial charge in [0.15, 0.2) is 11.6 Å². The highest BCUT2D eigenvalue weighted by atomic mass is 19.2. The van der Waals surface area contributed by atoms with Crippen molar-refractivity contribution in [2.24, 2.45) is 5.73 Å². The van der Waals surface area contributed by atoms with Crippen LogP contribution in [0.4, 0.5) is 14.5 Å². The van der Waals surface area contributed by atoms with E-state index in [0.717, 1.165) is 18.3 Å². The molecule has 1 unspecified atom stereocenters. The van der Waals surface area contributed by atoms with Crippen molar-refractivity contribution >= 4 is 5.69 Å². The van der Waals surface area contributed by atoms with Crippen LogP contribution in [0.15, 0.2) is 42.5 Å². The molecule has 4 heteroatoms. The topological polar surface area (TPSA) is 29.3 Å². The van der Waals surface area contributed by atoms with E-state index in [4.69, 9.17) is 5.73 Å². The number of anilines is 1. The molecule has 21 heavy (non-hydrogen) atoms. The first-order chi connectivity index (χ1) is 10.0. The molecular formula is C17H20F2N2. The fraction of sp³-hybridized carbons (Fsp3) is 0.294. The van der Waals surface area contributed by atoms with E-state index in [1.54, 1.807) is 0 Å². The van der Waals surface area contributed by atoms with Crippen molar-refractivity contribution in [1.82, 2.24) is 0 Å². The molecule has 0 radical (unpaired) electrons. The van der Waals surface area contributed by atoms with E-state index in [1.807, 2.05) is 38.1 Å². The minimum absolute atomic E-state index is 0.209. The second kappa shape index (κ2) is 6.68. The molecule has 0 spiro atoms. The maximum absolute atomic E-state index is 13.8. The summed E-state index contributed by atoms with van der Waals surface area (Å²) in [5.74, 6) is -1.72. The van der Waals surface area contributed by atoms with Gasteiger partial charge in [-0.1, -0.05) is 29.8 Å². The van der Waals surface area contributed by atoms with E-state index < -0.39 is 17.7 Å². The van der Waals surface area contributed by atoms with Crippen molar-refractivity contribution in [2.45, 2.75) is 19.9 Å². The van der Waals surface area contributed by atoms with Gasteiger partial charge in [0.05, 0.1) is 6.04 Å². The molecule has 2 aromatic carbocycles. The lowest BCUT2D eigenvalue weighted by Gasteiger charge is -2.27. The van der Waals surface area contributed by atoms with Gasteiger partial charge in [0, 0.05) is 24.3 Å². The number of nitrogens with two attached hydrogens (primary N) is 1. The highest BCUT2D eigenvalue weighted by molar-refractivity contribution is 5.47. The molecule has 0 bridgehead atoms. The lowest BCUT2D eigenvalue weighted by Crippen LogP contribution is -2.32. The summed E-state index contributed by atoms with van der Waals surface area (Å²) < 4.78 is 27.1. The Kier molecular flexibility index (Phi) is 4.91. The van der Waals surface area contributed by atoms with Crippen LogP contribution >= 0.6 is 0 Å². The van der Waals surface area contributed by atoms with Crippen LogP contribution in [0, 0.1) is 18.6 Å². The van der Waals surface area contributed by atoms with E-state index in [1.165, 1.54) is 17.7 Å². The Hall–Kier alpha value is -1.94. The van der Waals surface area contributed by atoms with E-state index >= 15 is 0 Å². The molecule has 2 nitrogen and oxygen atoms in total. The predicted molar refractivity (Wildman–Crippen MR) is 82.4 cm³/mol. The number of likely N-dealkylation sites (N-methyl/N-ethyl adjacent to an activating group) is 1. The van der Waals surface area contributed by atoms with Crippen molar-refractivity contribution in [3.05, 3.63) is 65.2 Å². The number of nitrogens with zero attached hydrogens (tertiary/aromatic N) is 1.